The van der Waals surface area contributed by atoms with Gasteiger partial charge in [-0.1, -0.05) is 60.7 Å². The summed E-state index contributed by atoms with van der Waals surface area (Å²) in [5.41, 5.74) is 1.83. The summed E-state index contributed by atoms with van der Waals surface area (Å²) in [4.78, 5) is 12.3. The van der Waals surface area contributed by atoms with Crippen LogP contribution in [0.25, 0.3) is 0 Å². The van der Waals surface area contributed by atoms with Crippen molar-refractivity contribution in [2.45, 2.75) is 17.6 Å². The monoisotopic (exact) mass is 508 g/mol. The molecule has 0 aromatic heterocycles. The van der Waals surface area contributed by atoms with E-state index in [-0.39, 0.29) is 30.3 Å². The molecule has 0 bridgehead atoms. The molecular formula is C28H32N2O5S. The highest BCUT2D eigenvalue weighted by atomic mass is 32.2. The fraction of sp³-hybridized carbons (Fsp3) is 0.321. The van der Waals surface area contributed by atoms with Gasteiger partial charge in [-0.2, -0.15) is 0 Å². The van der Waals surface area contributed by atoms with Gasteiger partial charge in [0.15, 0.2) is 0 Å². The molecule has 1 saturated heterocycles. The van der Waals surface area contributed by atoms with Gasteiger partial charge in [0, 0.05) is 25.0 Å². The summed E-state index contributed by atoms with van der Waals surface area (Å²) >= 11 is 0. The molecule has 3 aromatic carbocycles. The molecule has 36 heavy (non-hydrogen) atoms. The Balaban J connectivity index is 1.83. The van der Waals surface area contributed by atoms with Crippen LogP contribution < -0.4 is 10.1 Å². The highest BCUT2D eigenvalue weighted by Crippen LogP contribution is 2.48. The standard InChI is InChI=1S/C28H32N2O5S/c1-29-18-23-19-30(36(33,34)20-21-9-4-3-5-10-21)16-15-28(23,22-11-8-12-24(17-22)35-2)26-14-7-6-13-25(26)27(31)32/h3-14,17,23,29H,15-16,18-20H2,1-2H3,(H,31,32). The number of rotatable bonds is 9. The Kier molecular flexibility index (Phi) is 7.78. The van der Waals surface area contributed by atoms with Crippen molar-refractivity contribution in [1.29, 1.82) is 0 Å². The third-order valence-electron chi connectivity index (χ3n) is 7.14. The van der Waals surface area contributed by atoms with Crippen LogP contribution >= 0.6 is 0 Å². The minimum atomic E-state index is -3.58. The number of nitrogens with zero attached hydrogens (tertiary/aromatic N) is 1. The van der Waals surface area contributed by atoms with Gasteiger partial charge in [-0.25, -0.2) is 17.5 Å². The molecule has 0 aliphatic carbocycles. The Labute approximate surface area is 212 Å². The maximum Gasteiger partial charge on any atom is 0.335 e. The van der Waals surface area contributed by atoms with E-state index in [1.165, 1.54) is 0 Å². The highest BCUT2D eigenvalue weighted by molar-refractivity contribution is 7.88. The first-order valence-electron chi connectivity index (χ1n) is 12.0. The molecule has 2 N–H and O–H groups in total. The fourth-order valence-electron chi connectivity index (χ4n) is 5.46. The highest BCUT2D eigenvalue weighted by Gasteiger charge is 2.49. The molecule has 0 radical (unpaired) electrons. The molecule has 2 atom stereocenters. The Morgan fingerprint density at radius 1 is 1.08 bits per heavy atom. The SMILES string of the molecule is CNCC1CN(S(=O)(=O)Cc2ccccc2)CCC1(c1cccc(OC)c1)c1ccccc1C(=O)O. The second-order valence-electron chi connectivity index (χ2n) is 9.16. The third-order valence-corrected chi connectivity index (χ3v) is 8.95. The van der Waals surface area contributed by atoms with Crippen molar-refractivity contribution >= 4 is 16.0 Å². The van der Waals surface area contributed by atoms with Crippen LogP contribution in [0.15, 0.2) is 78.9 Å². The number of carboxylic acids is 1. The first-order chi connectivity index (χ1) is 17.3. The fourth-order valence-corrected chi connectivity index (χ4v) is 7.03. The van der Waals surface area contributed by atoms with Crippen LogP contribution in [0.3, 0.4) is 0 Å². The zero-order chi connectivity index (χ0) is 25.8. The topological polar surface area (TPSA) is 95.9 Å². The van der Waals surface area contributed by atoms with E-state index in [9.17, 15) is 18.3 Å². The van der Waals surface area contributed by atoms with Gasteiger partial charge in [-0.3, -0.25) is 0 Å². The lowest BCUT2D eigenvalue weighted by atomic mass is 9.61. The van der Waals surface area contributed by atoms with Crippen molar-refractivity contribution in [3.63, 3.8) is 0 Å². The number of nitrogens with one attached hydrogen (secondary N) is 1. The summed E-state index contributed by atoms with van der Waals surface area (Å²) in [6.07, 6.45) is 0.435. The summed E-state index contributed by atoms with van der Waals surface area (Å²) in [5.74, 6) is -0.635. The summed E-state index contributed by atoms with van der Waals surface area (Å²) in [6.45, 7) is 1.05. The molecule has 0 amide bonds. The van der Waals surface area contributed by atoms with Crippen molar-refractivity contribution < 1.29 is 23.1 Å². The normalized spacial score (nSPS) is 20.7. The minimum Gasteiger partial charge on any atom is -0.497 e. The van der Waals surface area contributed by atoms with Crippen molar-refractivity contribution in [3.8, 4) is 5.75 Å². The van der Waals surface area contributed by atoms with E-state index in [0.29, 0.717) is 24.3 Å². The van der Waals surface area contributed by atoms with Crippen LogP contribution in [0.2, 0.25) is 0 Å². The Hall–Kier alpha value is -3.20. The first-order valence-corrected chi connectivity index (χ1v) is 13.6. The van der Waals surface area contributed by atoms with E-state index in [1.54, 1.807) is 23.5 Å². The summed E-state index contributed by atoms with van der Waals surface area (Å²) in [6, 6.07) is 23.9. The minimum absolute atomic E-state index is 0.0714. The largest absolute Gasteiger partial charge is 0.497 e. The summed E-state index contributed by atoms with van der Waals surface area (Å²) in [5, 5.41) is 13.3. The van der Waals surface area contributed by atoms with Crippen LogP contribution in [-0.4, -0.2) is 57.6 Å². The lowest BCUT2D eigenvalue weighted by Crippen LogP contribution is -2.55. The molecule has 8 heteroatoms. The molecule has 1 aliphatic heterocycles. The van der Waals surface area contributed by atoms with Crippen molar-refractivity contribution in [2.24, 2.45) is 5.92 Å². The van der Waals surface area contributed by atoms with E-state index in [0.717, 1.165) is 11.1 Å². The molecule has 0 spiro atoms. The number of sulfonamides is 1. The first kappa shape index (κ1) is 25.9. The molecule has 1 fully saturated rings. The van der Waals surface area contributed by atoms with Crippen LogP contribution in [0.1, 0.15) is 33.5 Å². The zero-order valence-corrected chi connectivity index (χ0v) is 21.4. The van der Waals surface area contributed by atoms with E-state index < -0.39 is 21.4 Å². The van der Waals surface area contributed by atoms with Gasteiger partial charge in [-0.05, 0) is 54.3 Å². The molecule has 2 unspecified atom stereocenters. The predicted octanol–water partition coefficient (Wildman–Crippen LogP) is 3.75. The summed E-state index contributed by atoms with van der Waals surface area (Å²) in [7, 11) is -0.149. The zero-order valence-electron chi connectivity index (χ0n) is 20.6. The second-order valence-corrected chi connectivity index (χ2v) is 11.1. The number of carbonyl (C=O) groups is 1. The number of hydrogen-bond acceptors (Lipinski definition) is 5. The molecule has 4 rings (SSSR count). The van der Waals surface area contributed by atoms with Crippen molar-refractivity contribution in [3.05, 3.63) is 101 Å². The molecule has 1 aliphatic rings. The van der Waals surface area contributed by atoms with Crippen LogP contribution in [0, 0.1) is 5.92 Å². The second kappa shape index (κ2) is 10.8. The number of aromatic carboxylic acids is 1. The van der Waals surface area contributed by atoms with E-state index in [2.05, 4.69) is 5.32 Å². The van der Waals surface area contributed by atoms with Gasteiger partial charge < -0.3 is 15.2 Å². The number of methoxy groups -OCH3 is 1. The molecule has 3 aromatic rings. The molecule has 7 nitrogen and oxygen atoms in total. The third kappa shape index (κ3) is 5.02. The van der Waals surface area contributed by atoms with Crippen LogP contribution in [0.5, 0.6) is 5.75 Å². The average molecular weight is 509 g/mol. The molecule has 190 valence electrons. The molecular weight excluding hydrogens is 476 g/mol. The Bertz CT molecular complexity index is 1310. The van der Waals surface area contributed by atoms with Crippen LogP contribution in [-0.2, 0) is 21.2 Å². The van der Waals surface area contributed by atoms with Crippen molar-refractivity contribution in [1.82, 2.24) is 9.62 Å². The Morgan fingerprint density at radius 2 is 1.81 bits per heavy atom. The van der Waals surface area contributed by atoms with Crippen molar-refractivity contribution in [2.75, 3.05) is 33.8 Å². The maximum absolute atomic E-state index is 13.5. The van der Waals surface area contributed by atoms with Gasteiger partial charge in [-0.15, -0.1) is 0 Å². The van der Waals surface area contributed by atoms with Gasteiger partial charge in [0.05, 0.1) is 18.4 Å². The van der Waals surface area contributed by atoms with E-state index in [1.807, 2.05) is 73.8 Å². The maximum atomic E-state index is 13.5. The summed E-state index contributed by atoms with van der Waals surface area (Å²) < 4.78 is 34.0. The van der Waals surface area contributed by atoms with Gasteiger partial charge in [0.2, 0.25) is 10.0 Å². The number of piperidine rings is 1. The predicted molar refractivity (Wildman–Crippen MR) is 140 cm³/mol. The average Bonchev–Trinajstić information content (AvgIpc) is 2.89. The van der Waals surface area contributed by atoms with Gasteiger partial charge in [0.25, 0.3) is 0 Å². The smallest absolute Gasteiger partial charge is 0.335 e. The quantitative estimate of drug-likeness (QED) is 0.457. The van der Waals surface area contributed by atoms with Gasteiger partial charge >= 0.3 is 5.97 Å². The molecule has 1 heterocycles. The number of carboxylic acid groups (broad SMARTS) is 1. The lowest BCUT2D eigenvalue weighted by molar-refractivity contribution is 0.0690. The van der Waals surface area contributed by atoms with Crippen LogP contribution in [0.4, 0.5) is 0 Å². The van der Waals surface area contributed by atoms with E-state index in [4.69, 9.17) is 4.74 Å². The molecule has 0 saturated carbocycles. The van der Waals surface area contributed by atoms with Gasteiger partial charge in [0.1, 0.15) is 5.75 Å². The lowest BCUT2D eigenvalue weighted by Gasteiger charge is -2.49. The Morgan fingerprint density at radius 3 is 2.50 bits per heavy atom. The number of ether oxygens (including phenoxy) is 1. The van der Waals surface area contributed by atoms with E-state index >= 15 is 0 Å². The number of benzene rings is 3. The number of hydrogen-bond donors (Lipinski definition) is 2.